The van der Waals surface area contributed by atoms with E-state index in [1.165, 1.54) is 42.5 Å². The SMILES string of the molecule is C.Cc1ccc(S(=O)(=O)OCCOc2ccc(N)c(CS(=O)(=O)c3cccc4ccccc34)c2)cc1.Cc1ccc(S(=O)(=O)OCCOc2ccc([N+](=O)[O-])c(CS(=O)(=O)c3cccc4ccccc34)c2)cc1. The van der Waals surface area contributed by atoms with Gasteiger partial charge in [-0.2, -0.15) is 16.8 Å². The lowest BCUT2D eigenvalue weighted by atomic mass is 10.1. The van der Waals surface area contributed by atoms with Gasteiger partial charge in [0.1, 0.15) is 37.9 Å². The Kier molecular flexibility index (Phi) is 17.8. The molecule has 20 heteroatoms. The van der Waals surface area contributed by atoms with Gasteiger partial charge in [0.05, 0.1) is 36.0 Å². The molecule has 0 radical (unpaired) electrons. The first-order valence-corrected chi connectivity index (χ1v) is 28.1. The highest BCUT2D eigenvalue weighted by atomic mass is 32.2. The summed E-state index contributed by atoms with van der Waals surface area (Å²) in [4.78, 5) is 11.3. The van der Waals surface area contributed by atoms with Crippen molar-refractivity contribution in [1.82, 2.24) is 0 Å². The molecule has 8 rings (SSSR count). The Morgan fingerprint density at radius 2 is 0.877 bits per heavy atom. The van der Waals surface area contributed by atoms with Gasteiger partial charge in [0.25, 0.3) is 25.9 Å². The number of nitrogens with zero attached hydrogens (tertiary/aromatic N) is 1. The first kappa shape index (κ1) is 55.1. The predicted octanol–water partition coefficient (Wildman–Crippen LogP) is 9.94. The highest BCUT2D eigenvalue weighted by Gasteiger charge is 2.25. The molecule has 2 N–H and O–H groups in total. The van der Waals surface area contributed by atoms with Crippen molar-refractivity contribution in [2.45, 2.75) is 52.4 Å². The molecule has 0 bridgehead atoms. The normalized spacial score (nSPS) is 11.8. The molecule has 8 aromatic rings. The molecule has 0 unspecified atom stereocenters. The van der Waals surface area contributed by atoms with E-state index in [1.54, 1.807) is 103 Å². The van der Waals surface area contributed by atoms with Gasteiger partial charge < -0.3 is 15.2 Å². The average molecular weight is 1070 g/mol. The quantitative estimate of drug-likeness (QED) is 0.0260. The van der Waals surface area contributed by atoms with Crippen LogP contribution in [-0.4, -0.2) is 65.0 Å². The Morgan fingerprint density at radius 1 is 0.479 bits per heavy atom. The van der Waals surface area contributed by atoms with Crippen LogP contribution >= 0.6 is 0 Å². The molecule has 0 saturated carbocycles. The number of nitrogens with two attached hydrogens (primary N) is 1. The van der Waals surface area contributed by atoms with E-state index in [0.717, 1.165) is 28.0 Å². The minimum Gasteiger partial charge on any atom is -0.491 e. The van der Waals surface area contributed by atoms with Gasteiger partial charge in [-0.05, 0) is 96.9 Å². The van der Waals surface area contributed by atoms with Crippen LogP contribution in [0, 0.1) is 24.0 Å². The fourth-order valence-corrected chi connectivity index (χ4v) is 12.4. The molecule has 0 saturated heterocycles. The van der Waals surface area contributed by atoms with Gasteiger partial charge in [-0.1, -0.05) is 116 Å². The van der Waals surface area contributed by atoms with Crippen molar-refractivity contribution < 1.29 is 56.4 Å². The fraction of sp³-hybridized carbons (Fsp3) is 0.170. The molecular formula is C53H52N2O14S4. The monoisotopic (exact) mass is 1070 g/mol. The zero-order valence-electron chi connectivity index (χ0n) is 38.8. The lowest BCUT2D eigenvalue weighted by Gasteiger charge is -2.12. The van der Waals surface area contributed by atoms with E-state index in [-0.39, 0.29) is 76.2 Å². The lowest BCUT2D eigenvalue weighted by molar-refractivity contribution is -0.385. The maximum absolute atomic E-state index is 13.3. The van der Waals surface area contributed by atoms with E-state index in [9.17, 15) is 43.8 Å². The van der Waals surface area contributed by atoms with Crippen molar-refractivity contribution in [2.24, 2.45) is 0 Å². The Balaban J connectivity index is 0.000000235. The van der Waals surface area contributed by atoms with E-state index in [4.69, 9.17) is 23.6 Å². The summed E-state index contributed by atoms with van der Waals surface area (Å²) in [7, 11) is -15.5. The van der Waals surface area contributed by atoms with Gasteiger partial charge in [-0.25, -0.2) is 16.8 Å². The zero-order valence-corrected chi connectivity index (χ0v) is 42.0. The summed E-state index contributed by atoms with van der Waals surface area (Å²) >= 11 is 0. The van der Waals surface area contributed by atoms with Gasteiger partial charge in [0.2, 0.25) is 0 Å². The number of nitro groups is 1. The second-order valence-electron chi connectivity index (χ2n) is 16.3. The fourth-order valence-electron chi connectivity index (χ4n) is 7.39. The number of sulfone groups is 2. The van der Waals surface area contributed by atoms with Gasteiger partial charge in [0, 0.05) is 28.1 Å². The number of rotatable bonds is 19. The standard InChI is InChI=1S/C26H23NO8S2.C26H25NO6S2.CH4/c1-19-9-12-23(13-10-19)37(32,33)35-16-15-34-22-11-14-25(27(28)29)21(17-22)18-36(30,31)26-8-4-6-20-5-2-3-7-24(20)26;1-19-9-12-23(13-10-19)35(30,31)33-16-15-32-22-11-14-25(27)21(17-22)18-34(28,29)26-8-4-6-20-5-2-3-7-24(20)26;/h2-14,17H,15-16,18H2,1H3;2-14,17H,15-16,18,27H2,1H3;1H4. The van der Waals surface area contributed by atoms with Gasteiger partial charge in [-0.3, -0.25) is 18.5 Å². The van der Waals surface area contributed by atoms with Crippen molar-refractivity contribution in [3.8, 4) is 11.5 Å². The summed E-state index contributed by atoms with van der Waals surface area (Å²) in [5, 5.41) is 14.3. The highest BCUT2D eigenvalue weighted by Crippen LogP contribution is 2.32. The van der Waals surface area contributed by atoms with Crippen LogP contribution < -0.4 is 15.2 Å². The largest absolute Gasteiger partial charge is 0.491 e. The number of nitrogen functional groups attached to an aromatic ring is 1. The number of nitro benzene ring substituents is 1. The number of hydrogen-bond acceptors (Lipinski definition) is 15. The van der Waals surface area contributed by atoms with Crippen LogP contribution in [0.15, 0.2) is 189 Å². The van der Waals surface area contributed by atoms with E-state index >= 15 is 0 Å². The van der Waals surface area contributed by atoms with Gasteiger partial charge in [0.15, 0.2) is 19.7 Å². The molecule has 16 nitrogen and oxygen atoms in total. The molecule has 0 aliphatic rings. The van der Waals surface area contributed by atoms with Crippen LogP contribution in [-0.2, 0) is 59.8 Å². The Labute approximate surface area is 425 Å². The number of fused-ring (bicyclic) bond motifs is 2. The summed E-state index contributed by atoms with van der Waals surface area (Å²) in [6.07, 6.45) is 0. The first-order valence-electron chi connectivity index (χ1n) is 22.0. The van der Waals surface area contributed by atoms with Crippen molar-refractivity contribution in [1.29, 1.82) is 0 Å². The summed E-state index contributed by atoms with van der Waals surface area (Å²) in [5.74, 6) is -0.418. The number of ether oxygens (including phenoxy) is 2. The Hall–Kier alpha value is -7.20. The molecule has 0 spiro atoms. The van der Waals surface area contributed by atoms with Crippen molar-refractivity contribution >= 4 is 72.8 Å². The van der Waals surface area contributed by atoms with Crippen LogP contribution in [0.25, 0.3) is 21.5 Å². The lowest BCUT2D eigenvalue weighted by Crippen LogP contribution is -2.13. The summed E-state index contributed by atoms with van der Waals surface area (Å²) in [6, 6.07) is 45.3. The van der Waals surface area contributed by atoms with E-state index in [0.29, 0.717) is 27.8 Å². The molecule has 0 aliphatic carbocycles. The smallest absolute Gasteiger partial charge is 0.297 e. The minimum absolute atomic E-state index is 0. The van der Waals surface area contributed by atoms with E-state index in [2.05, 4.69) is 0 Å². The first-order chi connectivity index (χ1) is 34.2. The maximum atomic E-state index is 13.3. The van der Waals surface area contributed by atoms with E-state index in [1.807, 2.05) is 32.0 Å². The average Bonchev–Trinajstić information content (AvgIpc) is 3.35. The second kappa shape index (κ2) is 23.6. The highest BCUT2D eigenvalue weighted by molar-refractivity contribution is 7.91. The Morgan fingerprint density at radius 3 is 1.33 bits per heavy atom. The number of anilines is 1. The van der Waals surface area contributed by atoms with Gasteiger partial charge >= 0.3 is 0 Å². The molecule has 382 valence electrons. The van der Waals surface area contributed by atoms with Crippen LogP contribution in [0.1, 0.15) is 29.7 Å². The zero-order chi connectivity index (χ0) is 51.7. The summed E-state index contributed by atoms with van der Waals surface area (Å²) in [6.45, 7) is 2.94. The second-order valence-corrected chi connectivity index (χ2v) is 23.4. The van der Waals surface area contributed by atoms with Crippen LogP contribution in [0.2, 0.25) is 0 Å². The molecule has 0 heterocycles. The molecular weight excluding hydrogens is 1020 g/mol. The maximum Gasteiger partial charge on any atom is 0.297 e. The van der Waals surface area contributed by atoms with E-state index < -0.39 is 50.6 Å². The minimum atomic E-state index is -3.98. The van der Waals surface area contributed by atoms with Crippen LogP contribution in [0.5, 0.6) is 11.5 Å². The Bertz CT molecular complexity index is 3710. The van der Waals surface area contributed by atoms with Crippen molar-refractivity contribution in [3.63, 3.8) is 0 Å². The van der Waals surface area contributed by atoms with Crippen molar-refractivity contribution in [2.75, 3.05) is 32.2 Å². The molecule has 0 aliphatic heterocycles. The molecule has 8 aromatic carbocycles. The third-order valence-electron chi connectivity index (χ3n) is 11.0. The molecule has 73 heavy (non-hydrogen) atoms. The van der Waals surface area contributed by atoms with Gasteiger partial charge in [-0.15, -0.1) is 0 Å². The summed E-state index contributed by atoms with van der Waals surface area (Å²) in [5.41, 5.74) is 8.18. The topological polar surface area (TPSA) is 243 Å². The number of hydrogen-bond donors (Lipinski definition) is 1. The molecule has 0 atom stereocenters. The number of benzene rings is 8. The van der Waals surface area contributed by atoms with Crippen molar-refractivity contribution in [3.05, 3.63) is 202 Å². The molecule has 0 aromatic heterocycles. The predicted molar refractivity (Wildman–Crippen MR) is 280 cm³/mol. The third-order valence-corrected chi connectivity index (χ3v) is 17.1. The number of aryl methyl sites for hydroxylation is 2. The molecule has 0 amide bonds. The van der Waals surface area contributed by atoms with Crippen LogP contribution in [0.3, 0.4) is 0 Å². The van der Waals surface area contributed by atoms with Crippen LogP contribution in [0.4, 0.5) is 11.4 Å². The molecule has 0 fully saturated rings. The third kappa shape index (κ3) is 14.1. The summed E-state index contributed by atoms with van der Waals surface area (Å²) < 4.78 is 123.